The molecule has 1 saturated heterocycles. The SMILES string of the molecule is NCCC1CCCN(C(=O)C2C3CCCC32)C1. The lowest BCUT2D eigenvalue weighted by Gasteiger charge is -2.33. The number of fused-ring (bicyclic) bond motifs is 1. The first kappa shape index (κ1) is 11.5. The Morgan fingerprint density at radius 3 is 2.65 bits per heavy atom. The van der Waals surface area contributed by atoms with Gasteiger partial charge in [-0.15, -0.1) is 0 Å². The summed E-state index contributed by atoms with van der Waals surface area (Å²) in [6, 6.07) is 0. The van der Waals surface area contributed by atoms with Crippen LogP contribution in [0.2, 0.25) is 0 Å². The van der Waals surface area contributed by atoms with Crippen LogP contribution in [0.15, 0.2) is 0 Å². The van der Waals surface area contributed by atoms with Crippen LogP contribution in [0, 0.1) is 23.7 Å². The maximum absolute atomic E-state index is 12.4. The van der Waals surface area contributed by atoms with E-state index in [1.807, 2.05) is 0 Å². The fourth-order valence-corrected chi connectivity index (χ4v) is 4.14. The first-order valence-electron chi connectivity index (χ1n) is 7.30. The van der Waals surface area contributed by atoms with E-state index >= 15 is 0 Å². The molecule has 0 bridgehead atoms. The number of nitrogens with zero attached hydrogens (tertiary/aromatic N) is 1. The van der Waals surface area contributed by atoms with Gasteiger partial charge in [0, 0.05) is 19.0 Å². The lowest BCUT2D eigenvalue weighted by molar-refractivity contribution is -0.135. The van der Waals surface area contributed by atoms with Crippen LogP contribution in [0.1, 0.15) is 38.5 Å². The molecule has 2 aliphatic carbocycles. The minimum absolute atomic E-state index is 0.417. The van der Waals surface area contributed by atoms with Gasteiger partial charge in [0.15, 0.2) is 0 Å². The minimum atomic E-state index is 0.417. The van der Waals surface area contributed by atoms with E-state index in [2.05, 4.69) is 4.90 Å². The van der Waals surface area contributed by atoms with Crippen molar-refractivity contribution < 1.29 is 4.79 Å². The monoisotopic (exact) mass is 236 g/mol. The molecule has 3 atom stereocenters. The smallest absolute Gasteiger partial charge is 0.226 e. The maximum Gasteiger partial charge on any atom is 0.226 e. The molecule has 3 fully saturated rings. The van der Waals surface area contributed by atoms with E-state index in [0.29, 0.717) is 17.7 Å². The number of carbonyl (C=O) groups excluding carboxylic acids is 1. The van der Waals surface area contributed by atoms with Gasteiger partial charge in [-0.05, 0) is 56.4 Å². The third kappa shape index (κ3) is 2.10. The predicted octanol–water partition coefficient (Wildman–Crippen LogP) is 1.62. The van der Waals surface area contributed by atoms with Gasteiger partial charge in [0.2, 0.25) is 5.91 Å². The Labute approximate surface area is 104 Å². The molecule has 96 valence electrons. The molecular weight excluding hydrogens is 212 g/mol. The number of amides is 1. The molecule has 0 radical (unpaired) electrons. The number of hydrogen-bond acceptors (Lipinski definition) is 2. The van der Waals surface area contributed by atoms with Crippen molar-refractivity contribution >= 4 is 5.91 Å². The molecule has 2 saturated carbocycles. The molecular formula is C14H24N2O. The van der Waals surface area contributed by atoms with Crippen LogP contribution in [-0.2, 0) is 4.79 Å². The standard InChI is InChI=1S/C14H24N2O/c15-7-6-10-3-2-8-16(9-10)14(17)13-11-4-1-5-12(11)13/h10-13H,1-9,15H2. The first-order valence-corrected chi connectivity index (χ1v) is 7.30. The second kappa shape index (κ2) is 4.60. The average Bonchev–Trinajstić information content (AvgIpc) is 2.82. The molecule has 2 N–H and O–H groups in total. The van der Waals surface area contributed by atoms with E-state index in [-0.39, 0.29) is 0 Å². The van der Waals surface area contributed by atoms with Crippen LogP contribution >= 0.6 is 0 Å². The van der Waals surface area contributed by atoms with Gasteiger partial charge in [-0.25, -0.2) is 0 Å². The van der Waals surface area contributed by atoms with Crippen molar-refractivity contribution in [3.63, 3.8) is 0 Å². The highest BCUT2D eigenvalue weighted by Crippen LogP contribution is 2.58. The summed E-state index contributed by atoms with van der Waals surface area (Å²) in [5.74, 6) is 3.08. The van der Waals surface area contributed by atoms with Crippen molar-refractivity contribution in [2.75, 3.05) is 19.6 Å². The topological polar surface area (TPSA) is 46.3 Å². The largest absolute Gasteiger partial charge is 0.342 e. The lowest BCUT2D eigenvalue weighted by atomic mass is 9.94. The summed E-state index contributed by atoms with van der Waals surface area (Å²) in [6.07, 6.45) is 7.50. The van der Waals surface area contributed by atoms with Crippen molar-refractivity contribution in [3.05, 3.63) is 0 Å². The maximum atomic E-state index is 12.4. The highest BCUT2D eigenvalue weighted by Gasteiger charge is 2.57. The minimum Gasteiger partial charge on any atom is -0.342 e. The molecule has 3 unspecified atom stereocenters. The molecule has 0 aromatic rings. The van der Waals surface area contributed by atoms with Crippen LogP contribution in [0.4, 0.5) is 0 Å². The highest BCUT2D eigenvalue weighted by molar-refractivity contribution is 5.82. The zero-order valence-corrected chi connectivity index (χ0v) is 10.6. The Morgan fingerprint density at radius 1 is 1.18 bits per heavy atom. The average molecular weight is 236 g/mol. The third-order valence-corrected chi connectivity index (χ3v) is 5.10. The van der Waals surface area contributed by atoms with Gasteiger partial charge in [0.1, 0.15) is 0 Å². The number of nitrogens with two attached hydrogens (primary N) is 1. The molecule has 1 amide bonds. The normalized spacial score (nSPS) is 40.2. The second-order valence-corrected chi connectivity index (χ2v) is 6.15. The summed E-state index contributed by atoms with van der Waals surface area (Å²) in [5, 5.41) is 0. The van der Waals surface area contributed by atoms with E-state index in [0.717, 1.165) is 37.9 Å². The Bertz CT molecular complexity index is 293. The molecule has 3 rings (SSSR count). The second-order valence-electron chi connectivity index (χ2n) is 6.15. The fraction of sp³-hybridized carbons (Fsp3) is 0.929. The van der Waals surface area contributed by atoms with Crippen LogP contribution in [0.5, 0.6) is 0 Å². The molecule has 0 aromatic carbocycles. The van der Waals surface area contributed by atoms with Crippen LogP contribution in [-0.4, -0.2) is 30.4 Å². The molecule has 3 nitrogen and oxygen atoms in total. The lowest BCUT2D eigenvalue weighted by Crippen LogP contribution is -2.41. The summed E-state index contributed by atoms with van der Waals surface area (Å²) in [7, 11) is 0. The van der Waals surface area contributed by atoms with Crippen molar-refractivity contribution in [1.29, 1.82) is 0 Å². The van der Waals surface area contributed by atoms with Crippen molar-refractivity contribution in [3.8, 4) is 0 Å². The fourth-order valence-electron chi connectivity index (χ4n) is 4.14. The summed E-state index contributed by atoms with van der Waals surface area (Å²) < 4.78 is 0. The summed E-state index contributed by atoms with van der Waals surface area (Å²) in [4.78, 5) is 14.6. The van der Waals surface area contributed by atoms with E-state index in [1.54, 1.807) is 0 Å². The third-order valence-electron chi connectivity index (χ3n) is 5.10. The van der Waals surface area contributed by atoms with Gasteiger partial charge >= 0.3 is 0 Å². The van der Waals surface area contributed by atoms with Gasteiger partial charge in [-0.1, -0.05) is 6.42 Å². The Kier molecular flexibility index (Phi) is 3.12. The Hall–Kier alpha value is -0.570. The molecule has 1 heterocycles. The number of carbonyl (C=O) groups is 1. The van der Waals surface area contributed by atoms with E-state index in [9.17, 15) is 4.79 Å². The quantitative estimate of drug-likeness (QED) is 0.809. The molecule has 17 heavy (non-hydrogen) atoms. The molecule has 0 aromatic heterocycles. The Morgan fingerprint density at radius 2 is 1.94 bits per heavy atom. The number of hydrogen-bond donors (Lipinski definition) is 1. The van der Waals surface area contributed by atoms with E-state index in [1.165, 1.54) is 32.1 Å². The van der Waals surface area contributed by atoms with Crippen molar-refractivity contribution in [1.82, 2.24) is 4.90 Å². The van der Waals surface area contributed by atoms with Crippen molar-refractivity contribution in [2.24, 2.45) is 29.4 Å². The summed E-state index contributed by atoms with van der Waals surface area (Å²) in [6.45, 7) is 2.74. The first-order chi connectivity index (χ1) is 8.31. The van der Waals surface area contributed by atoms with Gasteiger partial charge in [-0.3, -0.25) is 4.79 Å². The van der Waals surface area contributed by atoms with E-state index < -0.39 is 0 Å². The zero-order chi connectivity index (χ0) is 11.8. The summed E-state index contributed by atoms with van der Waals surface area (Å²) >= 11 is 0. The van der Waals surface area contributed by atoms with Crippen molar-refractivity contribution in [2.45, 2.75) is 38.5 Å². The zero-order valence-electron chi connectivity index (χ0n) is 10.6. The van der Waals surface area contributed by atoms with Gasteiger partial charge in [0.25, 0.3) is 0 Å². The molecule has 0 spiro atoms. The molecule has 3 heteroatoms. The van der Waals surface area contributed by atoms with Crippen LogP contribution < -0.4 is 5.73 Å². The van der Waals surface area contributed by atoms with Gasteiger partial charge < -0.3 is 10.6 Å². The van der Waals surface area contributed by atoms with Gasteiger partial charge in [-0.2, -0.15) is 0 Å². The van der Waals surface area contributed by atoms with Crippen LogP contribution in [0.3, 0.4) is 0 Å². The Balaban J connectivity index is 1.55. The summed E-state index contributed by atoms with van der Waals surface area (Å²) in [5.41, 5.74) is 5.62. The predicted molar refractivity (Wildman–Crippen MR) is 67.3 cm³/mol. The van der Waals surface area contributed by atoms with Crippen LogP contribution in [0.25, 0.3) is 0 Å². The molecule has 3 aliphatic rings. The number of rotatable bonds is 3. The highest BCUT2D eigenvalue weighted by atomic mass is 16.2. The number of likely N-dealkylation sites (tertiary alicyclic amines) is 1. The number of piperidine rings is 1. The van der Waals surface area contributed by atoms with E-state index in [4.69, 9.17) is 5.73 Å². The van der Waals surface area contributed by atoms with Gasteiger partial charge in [0.05, 0.1) is 0 Å². The molecule has 1 aliphatic heterocycles.